The third kappa shape index (κ3) is 3.02. The van der Waals surface area contributed by atoms with Gasteiger partial charge >= 0.3 is 12.3 Å². The van der Waals surface area contributed by atoms with E-state index in [0.29, 0.717) is 4.47 Å². The number of ether oxygens (including phenoxy) is 1. The van der Waals surface area contributed by atoms with E-state index >= 15 is 0 Å². The summed E-state index contributed by atoms with van der Waals surface area (Å²) in [6.07, 6.45) is -3.57. The molecule has 1 aliphatic rings. The van der Waals surface area contributed by atoms with Crippen LogP contribution in [0.5, 0.6) is 0 Å². The van der Waals surface area contributed by atoms with Gasteiger partial charge in [-0.05, 0) is 47.0 Å². The van der Waals surface area contributed by atoms with Crippen molar-refractivity contribution in [3.8, 4) is 0 Å². The van der Waals surface area contributed by atoms with Crippen molar-refractivity contribution in [3.63, 3.8) is 0 Å². The first-order chi connectivity index (χ1) is 8.84. The number of hydrogen-bond acceptors (Lipinski definition) is 2. The molecule has 0 aliphatic heterocycles. The van der Waals surface area contributed by atoms with Crippen molar-refractivity contribution in [2.24, 2.45) is 0 Å². The van der Waals surface area contributed by atoms with E-state index in [2.05, 4.69) is 20.7 Å². The number of methoxy groups -OCH3 is 1. The predicted molar refractivity (Wildman–Crippen MR) is 67.1 cm³/mol. The fraction of sp³-hybridized carbons (Fsp3) is 0.417. The first kappa shape index (κ1) is 14.2. The molecule has 1 saturated carbocycles. The molecule has 0 unspecified atom stereocenters. The highest BCUT2D eigenvalue weighted by molar-refractivity contribution is 9.10. The molecule has 1 aromatic carbocycles. The molecule has 0 atom stereocenters. The molecule has 7 heteroatoms. The van der Waals surface area contributed by atoms with Gasteiger partial charge in [-0.1, -0.05) is 0 Å². The fourth-order valence-corrected chi connectivity index (χ4v) is 2.19. The number of halogens is 4. The van der Waals surface area contributed by atoms with E-state index in [1.165, 1.54) is 18.1 Å². The second-order valence-electron chi connectivity index (χ2n) is 4.24. The fourth-order valence-electron chi connectivity index (χ4n) is 1.75. The van der Waals surface area contributed by atoms with Gasteiger partial charge in [0.15, 0.2) is 0 Å². The molecule has 0 heterocycles. The minimum absolute atomic E-state index is 0.0905. The van der Waals surface area contributed by atoms with Gasteiger partial charge in [-0.3, -0.25) is 4.90 Å². The van der Waals surface area contributed by atoms with E-state index < -0.39 is 17.8 Å². The number of anilines is 1. The van der Waals surface area contributed by atoms with Crippen molar-refractivity contribution < 1.29 is 22.7 Å². The van der Waals surface area contributed by atoms with Crippen LogP contribution in [0.1, 0.15) is 18.4 Å². The highest BCUT2D eigenvalue weighted by Gasteiger charge is 2.37. The average Bonchev–Trinajstić information content (AvgIpc) is 3.14. The first-order valence-electron chi connectivity index (χ1n) is 5.58. The summed E-state index contributed by atoms with van der Waals surface area (Å²) >= 11 is 3.17. The molecule has 1 aliphatic carbocycles. The molecule has 0 bridgehead atoms. The normalized spacial score (nSPS) is 15.2. The third-order valence-corrected chi connectivity index (χ3v) is 3.49. The van der Waals surface area contributed by atoms with Gasteiger partial charge in [-0.2, -0.15) is 13.2 Å². The van der Waals surface area contributed by atoms with Crippen LogP contribution in [-0.4, -0.2) is 19.2 Å². The number of benzene rings is 1. The Balaban J connectivity index is 2.44. The summed E-state index contributed by atoms with van der Waals surface area (Å²) in [6.45, 7) is 0. The third-order valence-electron chi connectivity index (χ3n) is 2.82. The number of amides is 1. The van der Waals surface area contributed by atoms with Crippen LogP contribution in [0.4, 0.5) is 23.7 Å². The van der Waals surface area contributed by atoms with Gasteiger partial charge in [0.2, 0.25) is 0 Å². The minimum atomic E-state index is -4.44. The highest BCUT2D eigenvalue weighted by Crippen LogP contribution is 2.40. The van der Waals surface area contributed by atoms with Gasteiger partial charge in [-0.15, -0.1) is 0 Å². The van der Waals surface area contributed by atoms with E-state index in [4.69, 9.17) is 0 Å². The molecule has 0 radical (unpaired) electrons. The van der Waals surface area contributed by atoms with Crippen LogP contribution in [0.3, 0.4) is 0 Å². The van der Waals surface area contributed by atoms with Crippen LogP contribution >= 0.6 is 15.9 Å². The number of hydrogen-bond donors (Lipinski definition) is 0. The topological polar surface area (TPSA) is 29.5 Å². The number of nitrogens with zero attached hydrogens (tertiary/aromatic N) is 1. The van der Waals surface area contributed by atoms with E-state index in [-0.39, 0.29) is 11.7 Å². The second-order valence-corrected chi connectivity index (χ2v) is 5.09. The maximum absolute atomic E-state index is 12.7. The summed E-state index contributed by atoms with van der Waals surface area (Å²) in [4.78, 5) is 13.0. The quantitative estimate of drug-likeness (QED) is 0.809. The SMILES string of the molecule is COC(=O)N(c1cc(C(F)(F)F)ccc1Br)C1CC1. The largest absolute Gasteiger partial charge is 0.452 e. The summed E-state index contributed by atoms with van der Waals surface area (Å²) < 4.78 is 43.2. The van der Waals surface area contributed by atoms with Crippen molar-refractivity contribution in [3.05, 3.63) is 28.2 Å². The predicted octanol–water partition coefficient (Wildman–Crippen LogP) is 4.20. The summed E-state index contributed by atoms with van der Waals surface area (Å²) in [5.41, 5.74) is -0.607. The Kier molecular flexibility index (Phi) is 3.75. The van der Waals surface area contributed by atoms with Crippen LogP contribution in [-0.2, 0) is 10.9 Å². The van der Waals surface area contributed by atoms with Gasteiger partial charge in [0, 0.05) is 10.5 Å². The molecule has 2 rings (SSSR count). The first-order valence-corrected chi connectivity index (χ1v) is 6.38. The van der Waals surface area contributed by atoms with E-state index in [1.807, 2.05) is 0 Å². The smallest absolute Gasteiger partial charge is 0.416 e. The summed E-state index contributed by atoms with van der Waals surface area (Å²) in [7, 11) is 1.21. The van der Waals surface area contributed by atoms with Crippen molar-refractivity contribution in [1.29, 1.82) is 0 Å². The Labute approximate surface area is 116 Å². The molecule has 104 valence electrons. The molecule has 0 aromatic heterocycles. The molecular weight excluding hydrogens is 327 g/mol. The van der Waals surface area contributed by atoms with Gasteiger partial charge in [0.05, 0.1) is 18.4 Å². The highest BCUT2D eigenvalue weighted by atomic mass is 79.9. The van der Waals surface area contributed by atoms with Crippen molar-refractivity contribution >= 4 is 27.7 Å². The van der Waals surface area contributed by atoms with Gasteiger partial charge < -0.3 is 4.74 Å². The molecular formula is C12H11BrF3NO2. The van der Waals surface area contributed by atoms with E-state index in [9.17, 15) is 18.0 Å². The lowest BCUT2D eigenvalue weighted by Crippen LogP contribution is -2.33. The van der Waals surface area contributed by atoms with Crippen LogP contribution in [0, 0.1) is 0 Å². The molecule has 1 aromatic rings. The lowest BCUT2D eigenvalue weighted by Gasteiger charge is -2.23. The van der Waals surface area contributed by atoms with E-state index in [1.54, 1.807) is 0 Å². The maximum Gasteiger partial charge on any atom is 0.416 e. The Morgan fingerprint density at radius 3 is 2.53 bits per heavy atom. The number of carbonyl (C=O) groups excluding carboxylic acids is 1. The Morgan fingerprint density at radius 2 is 2.05 bits per heavy atom. The zero-order chi connectivity index (χ0) is 14.2. The zero-order valence-electron chi connectivity index (χ0n) is 10.00. The van der Waals surface area contributed by atoms with Crippen molar-refractivity contribution in [1.82, 2.24) is 0 Å². The monoisotopic (exact) mass is 337 g/mol. The zero-order valence-corrected chi connectivity index (χ0v) is 11.6. The van der Waals surface area contributed by atoms with Crippen molar-refractivity contribution in [2.75, 3.05) is 12.0 Å². The second kappa shape index (κ2) is 5.03. The summed E-state index contributed by atoms with van der Waals surface area (Å²) in [6, 6.07) is 3.12. The summed E-state index contributed by atoms with van der Waals surface area (Å²) in [5.74, 6) is 0. The number of alkyl halides is 3. The molecule has 0 N–H and O–H groups in total. The van der Waals surface area contributed by atoms with E-state index in [0.717, 1.165) is 25.0 Å². The van der Waals surface area contributed by atoms with Gasteiger partial charge in [0.1, 0.15) is 0 Å². The molecule has 0 spiro atoms. The van der Waals surface area contributed by atoms with Crippen LogP contribution < -0.4 is 4.90 Å². The Morgan fingerprint density at radius 1 is 1.42 bits per heavy atom. The number of rotatable bonds is 2. The summed E-state index contributed by atoms with van der Waals surface area (Å²) in [5, 5.41) is 0. The molecule has 3 nitrogen and oxygen atoms in total. The average molecular weight is 338 g/mol. The standard InChI is InChI=1S/C12H11BrF3NO2/c1-19-11(18)17(8-3-4-8)10-6-7(12(14,15)16)2-5-9(10)13/h2,5-6,8H,3-4H2,1H3. The van der Waals surface area contributed by atoms with Crippen LogP contribution in [0.25, 0.3) is 0 Å². The Hall–Kier alpha value is -1.24. The van der Waals surface area contributed by atoms with Gasteiger partial charge in [0.25, 0.3) is 0 Å². The molecule has 19 heavy (non-hydrogen) atoms. The van der Waals surface area contributed by atoms with Crippen LogP contribution in [0.2, 0.25) is 0 Å². The molecule has 1 fully saturated rings. The maximum atomic E-state index is 12.7. The lowest BCUT2D eigenvalue weighted by molar-refractivity contribution is -0.137. The van der Waals surface area contributed by atoms with Crippen LogP contribution in [0.15, 0.2) is 22.7 Å². The minimum Gasteiger partial charge on any atom is -0.452 e. The Bertz CT molecular complexity index is 500. The molecule has 1 amide bonds. The lowest BCUT2D eigenvalue weighted by atomic mass is 10.2. The number of carbonyl (C=O) groups is 1. The molecule has 0 saturated heterocycles. The van der Waals surface area contributed by atoms with Crippen molar-refractivity contribution in [2.45, 2.75) is 25.1 Å². The van der Waals surface area contributed by atoms with Gasteiger partial charge in [-0.25, -0.2) is 4.79 Å².